The molecule has 0 saturated heterocycles. The lowest BCUT2D eigenvalue weighted by atomic mass is 9.86. The Morgan fingerprint density at radius 3 is 2.29 bits per heavy atom. The Bertz CT molecular complexity index is 1630. The highest BCUT2D eigenvalue weighted by Gasteiger charge is 2.25. The standard InChI is InChI=1S/C29H41N7O5S/c1-17-10-11-18(12-23(17)36(31)16-20(30)24-15-32-27(35(24)7)29(5,6)38)26(37)33-21-13-19(28(2,3)4)14-22(25(21)41-8)34-42(9,39)40/h10-16,34,38H,30-31H2,1-9H3,(H,33,37)/b20-16-. The maximum absolute atomic E-state index is 13.5. The third-order valence-corrected chi connectivity index (χ3v) is 7.15. The number of imidazole rings is 1. The third kappa shape index (κ3) is 7.41. The van der Waals surface area contributed by atoms with Crippen LogP contribution in [0.3, 0.4) is 0 Å². The molecule has 3 aromatic rings. The number of methoxy groups -OCH3 is 1. The van der Waals surface area contributed by atoms with Gasteiger partial charge in [0.25, 0.3) is 5.91 Å². The molecule has 2 aromatic carbocycles. The number of nitrogens with one attached hydrogen (secondary N) is 2. The van der Waals surface area contributed by atoms with Crippen molar-refractivity contribution in [2.24, 2.45) is 18.6 Å². The highest BCUT2D eigenvalue weighted by molar-refractivity contribution is 7.92. The molecular weight excluding hydrogens is 558 g/mol. The number of hydrogen-bond donors (Lipinski definition) is 5. The second kappa shape index (κ2) is 11.7. The Morgan fingerprint density at radius 1 is 1.14 bits per heavy atom. The number of carbonyl (C=O) groups is 1. The van der Waals surface area contributed by atoms with Crippen molar-refractivity contribution < 1.29 is 23.1 Å². The normalized spacial score (nSPS) is 12.7. The number of ether oxygens (including phenoxy) is 1. The Hall–Kier alpha value is -4.07. The van der Waals surface area contributed by atoms with Crippen LogP contribution in [0.15, 0.2) is 42.7 Å². The van der Waals surface area contributed by atoms with Crippen LogP contribution in [0.5, 0.6) is 5.75 Å². The van der Waals surface area contributed by atoms with Gasteiger partial charge in [-0.1, -0.05) is 26.8 Å². The summed E-state index contributed by atoms with van der Waals surface area (Å²) in [6, 6.07) is 8.48. The van der Waals surface area contributed by atoms with Gasteiger partial charge in [0.05, 0.1) is 48.0 Å². The summed E-state index contributed by atoms with van der Waals surface area (Å²) in [5.41, 5.74) is 8.56. The molecule has 42 heavy (non-hydrogen) atoms. The predicted octanol–water partition coefficient (Wildman–Crippen LogP) is 3.52. The summed E-state index contributed by atoms with van der Waals surface area (Å²) in [4.78, 5) is 17.7. The molecule has 0 saturated carbocycles. The molecule has 0 fully saturated rings. The van der Waals surface area contributed by atoms with Crippen molar-refractivity contribution >= 4 is 38.7 Å². The van der Waals surface area contributed by atoms with Crippen molar-refractivity contribution in [3.8, 4) is 5.75 Å². The minimum Gasteiger partial charge on any atom is -0.492 e. The van der Waals surface area contributed by atoms with E-state index in [1.165, 1.54) is 18.3 Å². The van der Waals surface area contributed by atoms with Crippen molar-refractivity contribution in [3.63, 3.8) is 0 Å². The fourth-order valence-corrected chi connectivity index (χ4v) is 4.96. The molecular formula is C29H41N7O5S. The number of sulfonamides is 1. The number of rotatable bonds is 9. The smallest absolute Gasteiger partial charge is 0.255 e. The highest BCUT2D eigenvalue weighted by atomic mass is 32.2. The Balaban J connectivity index is 1.98. The summed E-state index contributed by atoms with van der Waals surface area (Å²) in [7, 11) is -0.483. The summed E-state index contributed by atoms with van der Waals surface area (Å²) in [6.07, 6.45) is 4.10. The number of benzene rings is 2. The van der Waals surface area contributed by atoms with Crippen LogP contribution >= 0.6 is 0 Å². The van der Waals surface area contributed by atoms with Gasteiger partial charge in [0, 0.05) is 18.8 Å². The van der Waals surface area contributed by atoms with E-state index in [0.29, 0.717) is 34.2 Å². The van der Waals surface area contributed by atoms with Crippen LogP contribution in [0.2, 0.25) is 0 Å². The van der Waals surface area contributed by atoms with Crippen molar-refractivity contribution in [2.75, 3.05) is 28.4 Å². The SMILES string of the molecule is COc1c(NC(=O)c2ccc(C)c(N(N)/C=C(\N)c3cnc(C(C)(C)O)n3C)c2)cc(C(C)(C)C)cc1NS(C)(=O)=O. The second-order valence-electron chi connectivity index (χ2n) is 11.8. The van der Waals surface area contributed by atoms with E-state index in [4.69, 9.17) is 16.3 Å². The van der Waals surface area contributed by atoms with Crippen LogP contribution < -0.4 is 31.4 Å². The van der Waals surface area contributed by atoms with Gasteiger partial charge >= 0.3 is 0 Å². The predicted molar refractivity (Wildman–Crippen MR) is 167 cm³/mol. The molecule has 0 radical (unpaired) electrons. The first-order valence-electron chi connectivity index (χ1n) is 13.1. The van der Waals surface area contributed by atoms with Gasteiger partial charge in [0.2, 0.25) is 10.0 Å². The van der Waals surface area contributed by atoms with Crippen LogP contribution in [0, 0.1) is 6.92 Å². The Morgan fingerprint density at radius 2 is 1.76 bits per heavy atom. The zero-order chi connectivity index (χ0) is 31.8. The molecule has 0 bridgehead atoms. The average molecular weight is 600 g/mol. The molecule has 0 spiro atoms. The van der Waals surface area contributed by atoms with E-state index in [1.54, 1.807) is 62.0 Å². The fourth-order valence-electron chi connectivity index (χ4n) is 4.41. The van der Waals surface area contributed by atoms with Gasteiger partial charge in [-0.2, -0.15) is 0 Å². The molecule has 0 aliphatic carbocycles. The zero-order valence-corrected chi connectivity index (χ0v) is 26.3. The van der Waals surface area contributed by atoms with E-state index in [0.717, 1.165) is 17.4 Å². The van der Waals surface area contributed by atoms with Gasteiger partial charge in [-0.15, -0.1) is 0 Å². The maximum Gasteiger partial charge on any atom is 0.255 e. The van der Waals surface area contributed by atoms with Crippen molar-refractivity contribution in [3.05, 3.63) is 70.9 Å². The number of nitrogens with zero attached hydrogens (tertiary/aromatic N) is 3. The number of hydrogen-bond acceptors (Lipinski definition) is 9. The Labute approximate surface area is 247 Å². The number of amides is 1. The number of anilines is 3. The van der Waals surface area contributed by atoms with Gasteiger partial charge < -0.3 is 25.5 Å². The molecule has 7 N–H and O–H groups in total. The molecule has 1 amide bonds. The average Bonchev–Trinajstić information content (AvgIpc) is 3.24. The molecule has 13 heteroatoms. The third-order valence-electron chi connectivity index (χ3n) is 6.56. The van der Waals surface area contributed by atoms with Gasteiger partial charge in [-0.05, 0) is 61.6 Å². The Kier molecular flexibility index (Phi) is 9.01. The number of carbonyl (C=O) groups excluding carboxylic acids is 1. The second-order valence-corrected chi connectivity index (χ2v) is 13.5. The number of aryl methyl sites for hydroxylation is 1. The van der Waals surface area contributed by atoms with E-state index >= 15 is 0 Å². The molecule has 0 unspecified atom stereocenters. The first-order valence-corrected chi connectivity index (χ1v) is 15.0. The van der Waals surface area contributed by atoms with E-state index in [-0.39, 0.29) is 16.9 Å². The summed E-state index contributed by atoms with van der Waals surface area (Å²) >= 11 is 0. The molecule has 1 heterocycles. The van der Waals surface area contributed by atoms with Crippen molar-refractivity contribution in [1.82, 2.24) is 9.55 Å². The lowest BCUT2D eigenvalue weighted by Gasteiger charge is -2.24. The van der Waals surface area contributed by atoms with E-state index in [2.05, 4.69) is 15.0 Å². The van der Waals surface area contributed by atoms with Crippen molar-refractivity contribution in [2.45, 2.75) is 52.6 Å². The number of aromatic nitrogens is 2. The quantitative estimate of drug-likeness (QED) is 0.182. The van der Waals surface area contributed by atoms with Crippen LogP contribution in [0.4, 0.5) is 17.1 Å². The van der Waals surface area contributed by atoms with Gasteiger partial charge in [-0.3, -0.25) is 14.5 Å². The van der Waals surface area contributed by atoms with Crippen LogP contribution in [0.1, 0.15) is 67.6 Å². The van der Waals surface area contributed by atoms with Crippen LogP contribution in [-0.2, 0) is 28.1 Å². The maximum atomic E-state index is 13.5. The molecule has 0 aliphatic heterocycles. The number of nitrogens with two attached hydrogens (primary N) is 2. The molecule has 0 atom stereocenters. The fraction of sp³-hybridized carbons (Fsp3) is 0.379. The summed E-state index contributed by atoms with van der Waals surface area (Å²) in [5, 5.41) is 14.5. The lowest BCUT2D eigenvalue weighted by Crippen LogP contribution is -2.27. The molecule has 228 valence electrons. The minimum absolute atomic E-state index is 0.173. The minimum atomic E-state index is -3.62. The topological polar surface area (TPSA) is 178 Å². The molecule has 12 nitrogen and oxygen atoms in total. The van der Waals surface area contributed by atoms with Gasteiger partial charge in [0.15, 0.2) is 5.75 Å². The first kappa shape index (κ1) is 32.4. The monoisotopic (exact) mass is 599 g/mol. The summed E-state index contributed by atoms with van der Waals surface area (Å²) in [5.74, 6) is 6.52. The van der Waals surface area contributed by atoms with Crippen molar-refractivity contribution in [1.29, 1.82) is 0 Å². The lowest BCUT2D eigenvalue weighted by molar-refractivity contribution is 0.0657. The summed E-state index contributed by atoms with van der Waals surface area (Å²) < 4.78 is 33.8. The molecule has 0 aliphatic rings. The molecule has 3 rings (SSSR count). The first-order chi connectivity index (χ1) is 19.2. The van der Waals surface area contributed by atoms with E-state index < -0.39 is 21.5 Å². The van der Waals surface area contributed by atoms with E-state index in [1.807, 2.05) is 27.7 Å². The van der Waals surface area contributed by atoms with Crippen LogP contribution in [-0.4, -0.2) is 42.3 Å². The van der Waals surface area contributed by atoms with Crippen LogP contribution in [0.25, 0.3) is 5.70 Å². The van der Waals surface area contributed by atoms with Gasteiger partial charge in [0.1, 0.15) is 11.4 Å². The summed E-state index contributed by atoms with van der Waals surface area (Å²) in [6.45, 7) is 11.0. The van der Waals surface area contributed by atoms with Gasteiger partial charge in [-0.25, -0.2) is 19.2 Å². The molecule has 1 aromatic heterocycles. The number of hydrazine groups is 1. The zero-order valence-electron chi connectivity index (χ0n) is 25.5. The van der Waals surface area contributed by atoms with E-state index in [9.17, 15) is 18.3 Å². The highest BCUT2D eigenvalue weighted by Crippen LogP contribution is 2.39. The largest absolute Gasteiger partial charge is 0.492 e. The number of aliphatic hydroxyl groups is 1.